The van der Waals surface area contributed by atoms with Crippen LogP contribution in [0.25, 0.3) is 21.2 Å². The molecule has 1 nitrogen and oxygen atoms in total. The molecule has 0 unspecified atom stereocenters. The molecule has 0 fully saturated rings. The molecule has 0 aliphatic rings. The van der Waals surface area contributed by atoms with Gasteiger partial charge in [0, 0.05) is 33.6 Å². The fourth-order valence-corrected chi connectivity index (χ4v) is 2.95. The molecule has 3 aromatic rings. The molecule has 86 valence electrons. The van der Waals surface area contributed by atoms with Crippen LogP contribution in [-0.2, 0) is 0 Å². The Bertz CT molecular complexity index is 631. The van der Waals surface area contributed by atoms with Crippen LogP contribution < -0.4 is 0 Å². The number of hydrogen-bond acceptors (Lipinski definition) is 2. The number of nitrogens with zero attached hydrogens (tertiary/aromatic N) is 1. The van der Waals surface area contributed by atoms with Crippen LogP contribution in [0.15, 0.2) is 48.1 Å². The third kappa shape index (κ3) is 2.19. The molecular formula is C14H12ClNS. The van der Waals surface area contributed by atoms with E-state index in [9.17, 15) is 0 Å². The number of benzene rings is 1. The molecule has 0 amide bonds. The summed E-state index contributed by atoms with van der Waals surface area (Å²) in [5, 5.41) is 3.53. The first-order valence-electron chi connectivity index (χ1n) is 5.23. The van der Waals surface area contributed by atoms with E-state index in [0.29, 0.717) is 0 Å². The maximum absolute atomic E-state index is 4.17. The van der Waals surface area contributed by atoms with Gasteiger partial charge in [0.1, 0.15) is 0 Å². The summed E-state index contributed by atoms with van der Waals surface area (Å²) in [5.41, 5.74) is 3.79. The van der Waals surface area contributed by atoms with Crippen molar-refractivity contribution in [2.24, 2.45) is 0 Å². The van der Waals surface area contributed by atoms with E-state index in [1.54, 1.807) is 11.3 Å². The van der Waals surface area contributed by atoms with Crippen molar-refractivity contribution in [3.8, 4) is 11.1 Å². The van der Waals surface area contributed by atoms with Crippen LogP contribution in [0.3, 0.4) is 0 Å². The van der Waals surface area contributed by atoms with Gasteiger partial charge in [-0.3, -0.25) is 4.98 Å². The van der Waals surface area contributed by atoms with Gasteiger partial charge < -0.3 is 0 Å². The van der Waals surface area contributed by atoms with Gasteiger partial charge in [-0.05, 0) is 30.0 Å². The fraction of sp³-hybridized carbons (Fsp3) is 0.0714. The molecule has 0 aliphatic heterocycles. The summed E-state index contributed by atoms with van der Waals surface area (Å²) >= 11 is 1.80. The van der Waals surface area contributed by atoms with Gasteiger partial charge >= 0.3 is 0 Å². The van der Waals surface area contributed by atoms with Crippen molar-refractivity contribution in [3.05, 3.63) is 53.7 Å². The Kier molecular flexibility index (Phi) is 3.46. The molecular weight excluding hydrogens is 250 g/mol. The Labute approximate surface area is 111 Å². The molecule has 0 saturated carbocycles. The van der Waals surface area contributed by atoms with Gasteiger partial charge in [0.2, 0.25) is 0 Å². The zero-order valence-electron chi connectivity index (χ0n) is 9.38. The van der Waals surface area contributed by atoms with Crippen molar-refractivity contribution in [2.75, 3.05) is 0 Å². The lowest BCUT2D eigenvalue weighted by Gasteiger charge is -1.99. The Hall–Kier alpha value is -1.38. The van der Waals surface area contributed by atoms with E-state index in [4.69, 9.17) is 0 Å². The minimum Gasteiger partial charge on any atom is -0.264 e. The van der Waals surface area contributed by atoms with Gasteiger partial charge in [-0.25, -0.2) is 0 Å². The van der Waals surface area contributed by atoms with Gasteiger partial charge in [0.25, 0.3) is 0 Å². The van der Waals surface area contributed by atoms with Gasteiger partial charge in [-0.2, -0.15) is 0 Å². The van der Waals surface area contributed by atoms with E-state index in [0.717, 1.165) is 0 Å². The van der Waals surface area contributed by atoms with E-state index in [1.165, 1.54) is 26.8 Å². The molecule has 0 radical (unpaired) electrons. The van der Waals surface area contributed by atoms with Crippen LogP contribution >= 0.6 is 23.7 Å². The van der Waals surface area contributed by atoms with Gasteiger partial charge in [-0.1, -0.05) is 18.2 Å². The number of aromatic nitrogens is 1. The first-order chi connectivity index (χ1) is 7.84. The number of fused-ring (bicyclic) bond motifs is 1. The topological polar surface area (TPSA) is 12.9 Å². The first-order valence-corrected chi connectivity index (χ1v) is 6.11. The highest BCUT2D eigenvalue weighted by Gasteiger charge is 2.05. The Morgan fingerprint density at radius 1 is 1.18 bits per heavy atom. The van der Waals surface area contributed by atoms with Crippen LogP contribution in [0.1, 0.15) is 5.56 Å². The third-order valence-corrected chi connectivity index (χ3v) is 3.65. The van der Waals surface area contributed by atoms with Gasteiger partial charge in [-0.15, -0.1) is 23.7 Å². The van der Waals surface area contributed by atoms with Crippen molar-refractivity contribution >= 4 is 33.8 Å². The smallest absolute Gasteiger partial charge is 0.0351 e. The van der Waals surface area contributed by atoms with Crippen molar-refractivity contribution in [1.29, 1.82) is 0 Å². The molecule has 0 aliphatic carbocycles. The largest absolute Gasteiger partial charge is 0.264 e. The van der Waals surface area contributed by atoms with Crippen molar-refractivity contribution < 1.29 is 0 Å². The number of hydrogen-bond donors (Lipinski definition) is 0. The van der Waals surface area contributed by atoms with Gasteiger partial charge in [0.15, 0.2) is 0 Å². The minimum absolute atomic E-state index is 0. The van der Waals surface area contributed by atoms with E-state index < -0.39 is 0 Å². The molecule has 0 saturated heterocycles. The second-order valence-corrected chi connectivity index (χ2v) is 4.80. The van der Waals surface area contributed by atoms with Crippen molar-refractivity contribution in [2.45, 2.75) is 6.92 Å². The Morgan fingerprint density at radius 3 is 2.82 bits per heavy atom. The molecule has 0 N–H and O–H groups in total. The SMILES string of the molecule is Cc1ccc2c(-c3cccnc3)csc2c1.Cl. The van der Waals surface area contributed by atoms with Crippen LogP contribution in [0, 0.1) is 6.92 Å². The van der Waals surface area contributed by atoms with E-state index in [1.807, 2.05) is 18.5 Å². The van der Waals surface area contributed by atoms with Gasteiger partial charge in [0.05, 0.1) is 0 Å². The number of thiophene rings is 1. The summed E-state index contributed by atoms with van der Waals surface area (Å²) in [7, 11) is 0. The lowest BCUT2D eigenvalue weighted by atomic mass is 10.1. The molecule has 1 aromatic carbocycles. The van der Waals surface area contributed by atoms with Crippen LogP contribution in [0.4, 0.5) is 0 Å². The minimum atomic E-state index is 0. The predicted octanol–water partition coefficient (Wildman–Crippen LogP) is 4.69. The molecule has 2 aromatic heterocycles. The lowest BCUT2D eigenvalue weighted by molar-refractivity contribution is 1.33. The maximum atomic E-state index is 4.17. The molecule has 0 spiro atoms. The Morgan fingerprint density at radius 2 is 2.06 bits per heavy atom. The fourth-order valence-electron chi connectivity index (χ4n) is 1.88. The Balaban J connectivity index is 0.00000108. The summed E-state index contributed by atoms with van der Waals surface area (Å²) in [6.45, 7) is 2.13. The highest BCUT2D eigenvalue weighted by atomic mass is 35.5. The average molecular weight is 262 g/mol. The summed E-state index contributed by atoms with van der Waals surface area (Å²) in [6, 6.07) is 10.7. The third-order valence-electron chi connectivity index (χ3n) is 2.70. The molecule has 0 bridgehead atoms. The summed E-state index contributed by atoms with van der Waals surface area (Å²) in [4.78, 5) is 4.17. The molecule has 3 rings (SSSR count). The standard InChI is InChI=1S/C14H11NS.ClH/c1-10-4-5-12-13(9-16-14(12)7-10)11-3-2-6-15-8-11;/h2-9H,1H3;1H. The molecule has 3 heteroatoms. The number of pyridine rings is 1. The van der Waals surface area contributed by atoms with Crippen LogP contribution in [0.2, 0.25) is 0 Å². The van der Waals surface area contributed by atoms with E-state index in [2.05, 4.69) is 41.6 Å². The zero-order valence-corrected chi connectivity index (χ0v) is 11.0. The number of rotatable bonds is 1. The van der Waals surface area contributed by atoms with E-state index >= 15 is 0 Å². The highest BCUT2D eigenvalue weighted by molar-refractivity contribution is 7.17. The van der Waals surface area contributed by atoms with Crippen LogP contribution in [-0.4, -0.2) is 4.98 Å². The average Bonchev–Trinajstić information content (AvgIpc) is 2.73. The number of aryl methyl sites for hydroxylation is 1. The summed E-state index contributed by atoms with van der Waals surface area (Å²) in [5.74, 6) is 0. The number of halogens is 1. The first kappa shape index (κ1) is 12.1. The normalized spacial score (nSPS) is 10.2. The predicted molar refractivity (Wildman–Crippen MR) is 77.0 cm³/mol. The summed E-state index contributed by atoms with van der Waals surface area (Å²) in [6.07, 6.45) is 3.73. The van der Waals surface area contributed by atoms with Crippen molar-refractivity contribution in [1.82, 2.24) is 4.98 Å². The lowest BCUT2D eigenvalue weighted by Crippen LogP contribution is -1.77. The second kappa shape index (κ2) is 4.86. The van der Waals surface area contributed by atoms with Crippen LogP contribution in [0.5, 0.6) is 0 Å². The highest BCUT2D eigenvalue weighted by Crippen LogP contribution is 2.33. The van der Waals surface area contributed by atoms with E-state index in [-0.39, 0.29) is 12.4 Å². The molecule has 0 atom stereocenters. The maximum Gasteiger partial charge on any atom is 0.0351 e. The second-order valence-electron chi connectivity index (χ2n) is 3.89. The zero-order chi connectivity index (χ0) is 11.0. The van der Waals surface area contributed by atoms with Crippen molar-refractivity contribution in [3.63, 3.8) is 0 Å². The monoisotopic (exact) mass is 261 g/mol. The quantitative estimate of drug-likeness (QED) is 0.619. The molecule has 17 heavy (non-hydrogen) atoms. The molecule has 2 heterocycles. The summed E-state index contributed by atoms with van der Waals surface area (Å²) < 4.78 is 1.35.